The molecule has 0 aliphatic heterocycles. The van der Waals surface area contributed by atoms with E-state index in [2.05, 4.69) is 0 Å². The number of rotatable bonds is 5. The Kier molecular flexibility index (Phi) is 3.32. The van der Waals surface area contributed by atoms with Gasteiger partial charge in [-0.15, -0.1) is 11.8 Å². The minimum absolute atomic E-state index is 0.164. The molecule has 0 unspecified atom stereocenters. The molecule has 2 rings (SSSR count). The summed E-state index contributed by atoms with van der Waals surface area (Å²) in [6.45, 7) is 0.782. The first-order valence-electron chi connectivity index (χ1n) is 5.33. The second-order valence-electron chi connectivity index (χ2n) is 4.28. The van der Waals surface area contributed by atoms with Crippen LogP contribution in [0.3, 0.4) is 0 Å². The van der Waals surface area contributed by atoms with Crippen LogP contribution in [0.2, 0.25) is 0 Å². The monoisotopic (exact) mass is 225 g/mol. The molecule has 1 nitrogen and oxygen atoms in total. The molecule has 2 N–H and O–H groups in total. The lowest BCUT2D eigenvalue weighted by Crippen LogP contribution is -2.11. The molecule has 3 heteroatoms. The van der Waals surface area contributed by atoms with Gasteiger partial charge in [-0.05, 0) is 55.5 Å². The van der Waals surface area contributed by atoms with Gasteiger partial charge < -0.3 is 5.73 Å². The molecule has 0 radical (unpaired) electrons. The van der Waals surface area contributed by atoms with Gasteiger partial charge in [0.25, 0.3) is 0 Å². The molecular formula is C12H16FNS. The van der Waals surface area contributed by atoms with Gasteiger partial charge in [-0.3, -0.25) is 0 Å². The number of hydrogen-bond donors (Lipinski definition) is 1. The molecule has 1 fully saturated rings. The van der Waals surface area contributed by atoms with Crippen molar-refractivity contribution in [3.63, 3.8) is 0 Å². The topological polar surface area (TPSA) is 26.0 Å². The third-order valence-corrected chi connectivity index (χ3v) is 4.35. The van der Waals surface area contributed by atoms with Gasteiger partial charge in [0.1, 0.15) is 5.82 Å². The second kappa shape index (κ2) is 4.54. The van der Waals surface area contributed by atoms with Crippen molar-refractivity contribution in [2.24, 2.45) is 11.1 Å². The van der Waals surface area contributed by atoms with Crippen LogP contribution in [-0.4, -0.2) is 12.3 Å². The van der Waals surface area contributed by atoms with Crippen molar-refractivity contribution in [1.29, 1.82) is 0 Å². The van der Waals surface area contributed by atoms with Gasteiger partial charge >= 0.3 is 0 Å². The van der Waals surface area contributed by atoms with Crippen molar-refractivity contribution in [2.45, 2.75) is 24.2 Å². The highest BCUT2D eigenvalue weighted by atomic mass is 32.2. The maximum atomic E-state index is 12.7. The molecule has 0 bridgehead atoms. The zero-order chi connectivity index (χ0) is 10.7. The molecule has 0 atom stereocenters. The van der Waals surface area contributed by atoms with Crippen LogP contribution in [-0.2, 0) is 0 Å². The number of thioether (sulfide) groups is 1. The second-order valence-corrected chi connectivity index (χ2v) is 5.33. The fraction of sp³-hybridized carbons (Fsp3) is 0.500. The third kappa shape index (κ3) is 2.95. The lowest BCUT2D eigenvalue weighted by molar-refractivity contribution is 0.537. The minimum atomic E-state index is -0.164. The van der Waals surface area contributed by atoms with Crippen LogP contribution in [0.5, 0.6) is 0 Å². The van der Waals surface area contributed by atoms with Crippen molar-refractivity contribution in [3.05, 3.63) is 30.1 Å². The molecule has 0 amide bonds. The summed E-state index contributed by atoms with van der Waals surface area (Å²) in [5, 5.41) is 0. The summed E-state index contributed by atoms with van der Waals surface area (Å²) in [7, 11) is 0. The smallest absolute Gasteiger partial charge is 0.123 e. The van der Waals surface area contributed by atoms with E-state index in [-0.39, 0.29) is 5.82 Å². The van der Waals surface area contributed by atoms with Crippen LogP contribution in [0.4, 0.5) is 4.39 Å². The molecule has 1 aliphatic carbocycles. The van der Waals surface area contributed by atoms with Gasteiger partial charge in [0, 0.05) is 10.6 Å². The average molecular weight is 225 g/mol. The van der Waals surface area contributed by atoms with E-state index >= 15 is 0 Å². The van der Waals surface area contributed by atoms with Crippen LogP contribution in [0.15, 0.2) is 29.2 Å². The minimum Gasteiger partial charge on any atom is -0.330 e. The standard InChI is InChI=1S/C12H16FNS/c13-10-1-3-11(4-2-10)15-9-12(5-6-12)7-8-14/h1-4H,5-9,14H2. The molecule has 1 aliphatic rings. The zero-order valence-electron chi connectivity index (χ0n) is 8.71. The lowest BCUT2D eigenvalue weighted by atomic mass is 10.1. The van der Waals surface area contributed by atoms with Gasteiger partial charge in [0.2, 0.25) is 0 Å². The van der Waals surface area contributed by atoms with Gasteiger partial charge in [-0.1, -0.05) is 0 Å². The number of nitrogens with two attached hydrogens (primary N) is 1. The van der Waals surface area contributed by atoms with Gasteiger partial charge in [-0.2, -0.15) is 0 Å². The predicted octanol–water partition coefficient (Wildman–Crippen LogP) is 3.05. The van der Waals surface area contributed by atoms with Crippen LogP contribution < -0.4 is 5.73 Å². The number of halogens is 1. The largest absolute Gasteiger partial charge is 0.330 e. The Labute approximate surface area is 94.2 Å². The first-order valence-corrected chi connectivity index (χ1v) is 6.31. The summed E-state index contributed by atoms with van der Waals surface area (Å²) < 4.78 is 12.7. The van der Waals surface area contributed by atoms with Crippen molar-refractivity contribution in [3.8, 4) is 0 Å². The third-order valence-electron chi connectivity index (χ3n) is 2.99. The molecule has 1 aromatic rings. The van der Waals surface area contributed by atoms with E-state index in [0.29, 0.717) is 5.41 Å². The SMILES string of the molecule is NCCC1(CSc2ccc(F)cc2)CC1. The first kappa shape index (κ1) is 11.0. The summed E-state index contributed by atoms with van der Waals surface area (Å²) in [5.41, 5.74) is 6.08. The van der Waals surface area contributed by atoms with E-state index in [1.807, 2.05) is 23.9 Å². The average Bonchev–Trinajstić information content (AvgIpc) is 2.99. The Morgan fingerprint density at radius 1 is 1.27 bits per heavy atom. The van der Waals surface area contributed by atoms with E-state index < -0.39 is 0 Å². The molecule has 82 valence electrons. The van der Waals surface area contributed by atoms with Crippen LogP contribution in [0, 0.1) is 11.2 Å². The fourth-order valence-electron chi connectivity index (χ4n) is 1.72. The summed E-state index contributed by atoms with van der Waals surface area (Å²) in [6, 6.07) is 6.73. The zero-order valence-corrected chi connectivity index (χ0v) is 9.52. The first-order chi connectivity index (χ1) is 7.24. The quantitative estimate of drug-likeness (QED) is 0.779. The Bertz CT molecular complexity index is 319. The molecule has 1 aromatic carbocycles. The van der Waals surface area contributed by atoms with Crippen molar-refractivity contribution in [2.75, 3.05) is 12.3 Å². The normalized spacial score (nSPS) is 17.7. The Hall–Kier alpha value is -0.540. The molecule has 15 heavy (non-hydrogen) atoms. The maximum absolute atomic E-state index is 12.7. The molecule has 0 heterocycles. The highest BCUT2D eigenvalue weighted by Gasteiger charge is 2.41. The maximum Gasteiger partial charge on any atom is 0.123 e. The van der Waals surface area contributed by atoms with Crippen molar-refractivity contribution < 1.29 is 4.39 Å². The number of benzene rings is 1. The van der Waals surface area contributed by atoms with Crippen LogP contribution in [0.25, 0.3) is 0 Å². The van der Waals surface area contributed by atoms with Crippen molar-refractivity contribution in [1.82, 2.24) is 0 Å². The Balaban J connectivity index is 1.85. The lowest BCUT2D eigenvalue weighted by Gasteiger charge is -2.12. The molecule has 0 saturated heterocycles. The van der Waals surface area contributed by atoms with E-state index in [9.17, 15) is 4.39 Å². The molecule has 0 spiro atoms. The summed E-state index contributed by atoms with van der Waals surface area (Å²) in [4.78, 5) is 1.15. The van der Waals surface area contributed by atoms with E-state index in [1.165, 1.54) is 25.0 Å². The van der Waals surface area contributed by atoms with Gasteiger partial charge in [-0.25, -0.2) is 4.39 Å². The Morgan fingerprint density at radius 2 is 1.93 bits per heavy atom. The van der Waals surface area contributed by atoms with Crippen molar-refractivity contribution >= 4 is 11.8 Å². The fourth-order valence-corrected chi connectivity index (χ4v) is 2.95. The van der Waals surface area contributed by atoms with Gasteiger partial charge in [0.15, 0.2) is 0 Å². The molecule has 1 saturated carbocycles. The molecule has 0 aromatic heterocycles. The highest BCUT2D eigenvalue weighted by molar-refractivity contribution is 7.99. The predicted molar refractivity (Wildman–Crippen MR) is 62.5 cm³/mol. The van der Waals surface area contributed by atoms with Crippen LogP contribution in [0.1, 0.15) is 19.3 Å². The summed E-state index contributed by atoms with van der Waals surface area (Å²) in [6.07, 6.45) is 3.73. The van der Waals surface area contributed by atoms with Gasteiger partial charge in [0.05, 0.1) is 0 Å². The highest BCUT2D eigenvalue weighted by Crippen LogP contribution is 2.51. The van der Waals surface area contributed by atoms with E-state index in [4.69, 9.17) is 5.73 Å². The number of hydrogen-bond acceptors (Lipinski definition) is 2. The molecular weight excluding hydrogens is 209 g/mol. The van der Waals surface area contributed by atoms with E-state index in [1.54, 1.807) is 0 Å². The summed E-state index contributed by atoms with van der Waals surface area (Å²) in [5.74, 6) is 0.956. The Morgan fingerprint density at radius 3 is 2.47 bits per heavy atom. The van der Waals surface area contributed by atoms with Crippen LogP contribution >= 0.6 is 11.8 Å². The summed E-state index contributed by atoms with van der Waals surface area (Å²) >= 11 is 1.82. The van der Waals surface area contributed by atoms with E-state index in [0.717, 1.165) is 23.6 Å².